The summed E-state index contributed by atoms with van der Waals surface area (Å²) in [7, 11) is 0. The minimum Gasteiger partial charge on any atom is -0.362 e. The van der Waals surface area contributed by atoms with Gasteiger partial charge in [-0.3, -0.25) is 0 Å². The van der Waals surface area contributed by atoms with Crippen molar-refractivity contribution < 1.29 is 0 Å². The zero-order chi connectivity index (χ0) is 17.6. The molecule has 0 radical (unpaired) electrons. The number of hydrogen-bond donors (Lipinski definition) is 3. The first-order valence-electron chi connectivity index (χ1n) is 9.08. The third-order valence-corrected chi connectivity index (χ3v) is 4.85. The molecular formula is C19H27N5S. The third kappa shape index (κ3) is 4.58. The van der Waals surface area contributed by atoms with Gasteiger partial charge in [-0.2, -0.15) is 0 Å². The first-order chi connectivity index (χ1) is 12.2. The highest BCUT2D eigenvalue weighted by molar-refractivity contribution is 7.80. The number of benzene rings is 1. The van der Waals surface area contributed by atoms with Crippen molar-refractivity contribution in [3.63, 3.8) is 0 Å². The van der Waals surface area contributed by atoms with Gasteiger partial charge in [0.25, 0.3) is 0 Å². The summed E-state index contributed by atoms with van der Waals surface area (Å²) in [4.78, 5) is 7.28. The number of nitrogens with zero attached hydrogens (tertiary/aromatic N) is 2. The van der Waals surface area contributed by atoms with Gasteiger partial charge in [0.15, 0.2) is 5.11 Å². The van der Waals surface area contributed by atoms with Crippen LogP contribution in [0, 0.1) is 6.92 Å². The van der Waals surface area contributed by atoms with E-state index < -0.39 is 0 Å². The lowest BCUT2D eigenvalue weighted by Crippen LogP contribution is -2.30. The van der Waals surface area contributed by atoms with E-state index in [1.807, 2.05) is 6.07 Å². The van der Waals surface area contributed by atoms with E-state index in [9.17, 15) is 0 Å². The number of fused-ring (bicyclic) bond motifs is 1. The van der Waals surface area contributed by atoms with Gasteiger partial charge in [-0.05, 0) is 81.2 Å². The first-order valence-corrected chi connectivity index (χ1v) is 9.49. The maximum Gasteiger partial charge on any atom is 0.170 e. The van der Waals surface area contributed by atoms with Crippen LogP contribution in [-0.4, -0.2) is 36.3 Å². The van der Waals surface area contributed by atoms with Crippen molar-refractivity contribution >= 4 is 39.7 Å². The molecular weight excluding hydrogens is 330 g/mol. The van der Waals surface area contributed by atoms with Crippen LogP contribution in [0.2, 0.25) is 0 Å². The van der Waals surface area contributed by atoms with E-state index in [-0.39, 0.29) is 0 Å². The van der Waals surface area contributed by atoms with Crippen LogP contribution in [0.15, 0.2) is 24.3 Å². The van der Waals surface area contributed by atoms with Crippen molar-refractivity contribution in [3.05, 3.63) is 29.8 Å². The SMILES string of the molecule is Cc1cc(N2CCCCC2)nc2ccc(NC(=S)NCCCN)cc12. The Morgan fingerprint density at radius 3 is 2.80 bits per heavy atom. The van der Waals surface area contributed by atoms with E-state index in [1.54, 1.807) is 0 Å². The number of thiocarbonyl (C=S) groups is 1. The Balaban J connectivity index is 1.76. The summed E-state index contributed by atoms with van der Waals surface area (Å²) in [5, 5.41) is 8.19. The topological polar surface area (TPSA) is 66.2 Å². The molecule has 5 nitrogen and oxygen atoms in total. The highest BCUT2D eigenvalue weighted by Gasteiger charge is 2.14. The van der Waals surface area contributed by atoms with Gasteiger partial charge < -0.3 is 21.3 Å². The van der Waals surface area contributed by atoms with Gasteiger partial charge in [0, 0.05) is 30.7 Å². The minimum atomic E-state index is 0.628. The number of rotatable bonds is 5. The van der Waals surface area contributed by atoms with Crippen LogP contribution in [-0.2, 0) is 0 Å². The molecule has 1 saturated heterocycles. The average Bonchev–Trinajstić information content (AvgIpc) is 2.63. The van der Waals surface area contributed by atoms with Gasteiger partial charge in [0.05, 0.1) is 5.52 Å². The van der Waals surface area contributed by atoms with Gasteiger partial charge in [-0.1, -0.05) is 0 Å². The number of anilines is 2. The highest BCUT2D eigenvalue weighted by atomic mass is 32.1. The maximum absolute atomic E-state index is 5.50. The molecule has 0 amide bonds. The van der Waals surface area contributed by atoms with Crippen LogP contribution >= 0.6 is 12.2 Å². The van der Waals surface area contributed by atoms with Crippen LogP contribution in [0.4, 0.5) is 11.5 Å². The molecule has 4 N–H and O–H groups in total. The highest BCUT2D eigenvalue weighted by Crippen LogP contribution is 2.26. The molecule has 2 aromatic rings. The Morgan fingerprint density at radius 2 is 2.04 bits per heavy atom. The molecule has 0 aliphatic carbocycles. The normalized spacial score (nSPS) is 14.6. The van der Waals surface area contributed by atoms with Crippen molar-refractivity contribution in [3.8, 4) is 0 Å². The van der Waals surface area contributed by atoms with Crippen molar-refractivity contribution in [1.29, 1.82) is 0 Å². The second-order valence-electron chi connectivity index (χ2n) is 6.60. The number of pyridine rings is 1. The smallest absolute Gasteiger partial charge is 0.170 e. The predicted octanol–water partition coefficient (Wildman–Crippen LogP) is 3.17. The quantitative estimate of drug-likeness (QED) is 0.564. The van der Waals surface area contributed by atoms with Crippen LogP contribution in [0.3, 0.4) is 0 Å². The van der Waals surface area contributed by atoms with E-state index in [0.717, 1.165) is 48.5 Å². The summed E-state index contributed by atoms with van der Waals surface area (Å²) >= 11 is 5.33. The summed E-state index contributed by atoms with van der Waals surface area (Å²) in [6, 6.07) is 8.43. The Kier molecular flexibility index (Phi) is 6.04. The molecule has 1 aliphatic heterocycles. The number of aryl methyl sites for hydroxylation is 1. The van der Waals surface area contributed by atoms with Crippen LogP contribution < -0.4 is 21.3 Å². The number of hydrogen-bond acceptors (Lipinski definition) is 4. The van der Waals surface area contributed by atoms with Crippen molar-refractivity contribution in [1.82, 2.24) is 10.3 Å². The van der Waals surface area contributed by atoms with Gasteiger partial charge in [0.2, 0.25) is 0 Å². The lowest BCUT2D eigenvalue weighted by atomic mass is 10.1. The molecule has 2 heterocycles. The number of nitrogens with two attached hydrogens (primary N) is 1. The van der Waals surface area contributed by atoms with Crippen LogP contribution in [0.5, 0.6) is 0 Å². The van der Waals surface area contributed by atoms with Gasteiger partial charge in [0.1, 0.15) is 5.82 Å². The molecule has 6 heteroatoms. The van der Waals surface area contributed by atoms with E-state index in [1.165, 1.54) is 24.8 Å². The van der Waals surface area contributed by atoms with E-state index in [2.05, 4.69) is 40.7 Å². The predicted molar refractivity (Wildman–Crippen MR) is 110 cm³/mol. The van der Waals surface area contributed by atoms with E-state index >= 15 is 0 Å². The third-order valence-electron chi connectivity index (χ3n) is 4.61. The summed E-state index contributed by atoms with van der Waals surface area (Å²) in [6.07, 6.45) is 4.76. The number of nitrogens with one attached hydrogen (secondary N) is 2. The lowest BCUT2D eigenvalue weighted by Gasteiger charge is -2.28. The average molecular weight is 358 g/mol. The zero-order valence-electron chi connectivity index (χ0n) is 14.8. The second-order valence-corrected chi connectivity index (χ2v) is 7.01. The molecule has 0 bridgehead atoms. The van der Waals surface area contributed by atoms with Crippen LogP contribution in [0.25, 0.3) is 10.9 Å². The van der Waals surface area contributed by atoms with Crippen molar-refractivity contribution in [2.45, 2.75) is 32.6 Å². The molecule has 0 saturated carbocycles. The molecule has 1 aliphatic rings. The molecule has 25 heavy (non-hydrogen) atoms. The lowest BCUT2D eigenvalue weighted by molar-refractivity contribution is 0.574. The number of aromatic nitrogens is 1. The molecule has 0 spiro atoms. The summed E-state index contributed by atoms with van der Waals surface area (Å²) in [5.41, 5.74) is 8.76. The largest absolute Gasteiger partial charge is 0.362 e. The first kappa shape index (κ1) is 17.9. The van der Waals surface area contributed by atoms with Gasteiger partial charge >= 0.3 is 0 Å². The molecule has 1 fully saturated rings. The zero-order valence-corrected chi connectivity index (χ0v) is 15.7. The monoisotopic (exact) mass is 357 g/mol. The Labute approximate surface area is 155 Å². The standard InChI is InChI=1S/C19H27N5S/c1-14-12-18(24-10-3-2-4-11-24)23-17-7-6-15(13-16(14)17)22-19(25)21-9-5-8-20/h6-7,12-13H,2-5,8-11,20H2,1H3,(H2,21,22,25). The summed E-state index contributed by atoms with van der Waals surface area (Å²) in [5.74, 6) is 1.10. The van der Waals surface area contributed by atoms with Crippen molar-refractivity contribution in [2.75, 3.05) is 36.4 Å². The fraction of sp³-hybridized carbons (Fsp3) is 0.474. The summed E-state index contributed by atoms with van der Waals surface area (Å²) in [6.45, 7) is 5.82. The fourth-order valence-electron chi connectivity index (χ4n) is 3.22. The van der Waals surface area contributed by atoms with Crippen molar-refractivity contribution in [2.24, 2.45) is 5.73 Å². The maximum atomic E-state index is 5.50. The van der Waals surface area contributed by atoms with Crippen LogP contribution in [0.1, 0.15) is 31.2 Å². The summed E-state index contributed by atoms with van der Waals surface area (Å²) < 4.78 is 0. The van der Waals surface area contributed by atoms with Gasteiger partial charge in [-0.25, -0.2) is 4.98 Å². The fourth-order valence-corrected chi connectivity index (χ4v) is 3.44. The van der Waals surface area contributed by atoms with E-state index in [0.29, 0.717) is 11.7 Å². The molecule has 1 aromatic heterocycles. The molecule has 134 valence electrons. The molecule has 0 atom stereocenters. The number of piperidine rings is 1. The van der Waals surface area contributed by atoms with E-state index in [4.69, 9.17) is 22.9 Å². The van der Waals surface area contributed by atoms with Gasteiger partial charge in [-0.15, -0.1) is 0 Å². The molecule has 1 aromatic carbocycles. The second kappa shape index (κ2) is 8.45. The molecule has 3 rings (SSSR count). The molecule has 0 unspecified atom stereocenters. The Bertz CT molecular complexity index is 740. The Hall–Kier alpha value is -1.92. The Morgan fingerprint density at radius 1 is 1.24 bits per heavy atom. The minimum absolute atomic E-state index is 0.628.